The van der Waals surface area contributed by atoms with Gasteiger partial charge in [0, 0.05) is 32.9 Å². The molecule has 0 heterocycles. The first kappa shape index (κ1) is 20.3. The third-order valence-corrected chi connectivity index (χ3v) is 4.32. The van der Waals surface area contributed by atoms with Crippen LogP contribution in [-0.2, 0) is 16.4 Å². The fraction of sp³-hybridized carbons (Fsp3) is 0.588. The molecule has 1 aromatic rings. The molecule has 0 aliphatic heterocycles. The van der Waals surface area contributed by atoms with Gasteiger partial charge in [0.15, 0.2) is 5.96 Å². The Morgan fingerprint density at radius 3 is 2.46 bits per heavy atom. The third kappa shape index (κ3) is 8.19. The van der Waals surface area contributed by atoms with Crippen molar-refractivity contribution in [3.05, 3.63) is 29.8 Å². The maximum absolute atomic E-state index is 11.2. The Balaban J connectivity index is 2.62. The summed E-state index contributed by atoms with van der Waals surface area (Å²) in [6, 6.07) is 8.00. The van der Waals surface area contributed by atoms with Crippen LogP contribution in [0, 0.1) is 0 Å². The Bertz CT molecular complexity index is 612. The molecular formula is C17H29N3O3S. The molecule has 0 aromatic heterocycles. The van der Waals surface area contributed by atoms with Crippen LogP contribution in [0.5, 0.6) is 5.75 Å². The molecule has 0 aliphatic carbocycles. The number of guanidine groups is 1. The zero-order valence-corrected chi connectivity index (χ0v) is 15.9. The molecule has 0 saturated heterocycles. The van der Waals surface area contributed by atoms with Gasteiger partial charge in [-0.05, 0) is 38.0 Å². The molecular weight excluding hydrogens is 326 g/mol. The van der Waals surface area contributed by atoms with E-state index in [0.29, 0.717) is 26.1 Å². The molecule has 0 fully saturated rings. The molecule has 1 rings (SSSR count). The Morgan fingerprint density at radius 1 is 1.25 bits per heavy atom. The van der Waals surface area contributed by atoms with Gasteiger partial charge in [-0.15, -0.1) is 0 Å². The van der Waals surface area contributed by atoms with Crippen molar-refractivity contribution in [1.82, 2.24) is 10.2 Å². The maximum Gasteiger partial charge on any atom is 0.193 e. The maximum atomic E-state index is 11.2. The van der Waals surface area contributed by atoms with Gasteiger partial charge >= 0.3 is 0 Å². The van der Waals surface area contributed by atoms with Gasteiger partial charge in [-0.25, -0.2) is 8.42 Å². The number of ether oxygens (including phenoxy) is 1. The van der Waals surface area contributed by atoms with Crippen LogP contribution in [0.1, 0.15) is 25.8 Å². The summed E-state index contributed by atoms with van der Waals surface area (Å²) in [5.74, 6) is 1.81. The van der Waals surface area contributed by atoms with E-state index in [1.54, 1.807) is 0 Å². The molecule has 136 valence electrons. The highest BCUT2D eigenvalue weighted by Crippen LogP contribution is 2.13. The fourth-order valence-corrected chi connectivity index (χ4v) is 2.84. The van der Waals surface area contributed by atoms with E-state index in [1.165, 1.54) is 6.26 Å². The molecule has 1 aromatic carbocycles. The highest BCUT2D eigenvalue weighted by Gasteiger charge is 2.07. The van der Waals surface area contributed by atoms with E-state index < -0.39 is 9.84 Å². The zero-order chi connectivity index (χ0) is 18.0. The lowest BCUT2D eigenvalue weighted by atomic mass is 10.2. The van der Waals surface area contributed by atoms with Crippen molar-refractivity contribution in [2.75, 3.05) is 38.8 Å². The topological polar surface area (TPSA) is 71.0 Å². The predicted octanol–water partition coefficient (Wildman–Crippen LogP) is 1.92. The Kier molecular flexibility index (Phi) is 8.60. The van der Waals surface area contributed by atoms with E-state index in [9.17, 15) is 8.42 Å². The van der Waals surface area contributed by atoms with Gasteiger partial charge in [0.25, 0.3) is 0 Å². The molecule has 0 aliphatic rings. The van der Waals surface area contributed by atoms with Crippen LogP contribution in [0.3, 0.4) is 0 Å². The van der Waals surface area contributed by atoms with Crippen molar-refractivity contribution in [3.63, 3.8) is 0 Å². The van der Waals surface area contributed by atoms with Gasteiger partial charge in [0.05, 0.1) is 12.4 Å². The van der Waals surface area contributed by atoms with Crippen molar-refractivity contribution < 1.29 is 13.2 Å². The van der Waals surface area contributed by atoms with Crippen molar-refractivity contribution in [2.45, 2.75) is 26.8 Å². The van der Waals surface area contributed by atoms with Crippen LogP contribution >= 0.6 is 0 Å². The molecule has 0 bridgehead atoms. The van der Waals surface area contributed by atoms with E-state index >= 15 is 0 Å². The minimum absolute atomic E-state index is 0.165. The lowest BCUT2D eigenvalue weighted by Gasteiger charge is -2.22. The predicted molar refractivity (Wildman–Crippen MR) is 99.4 cm³/mol. The van der Waals surface area contributed by atoms with Crippen LogP contribution in [0.2, 0.25) is 0 Å². The van der Waals surface area contributed by atoms with Gasteiger partial charge in [-0.2, -0.15) is 0 Å². The van der Waals surface area contributed by atoms with E-state index in [-0.39, 0.29) is 5.75 Å². The lowest BCUT2D eigenvalue weighted by molar-refractivity contribution is 0.340. The standard InChI is InChI=1S/C17H29N3O3S/c1-5-18-17(19-12-7-13-24(4,21)22)20(3)14-15-8-10-16(11-9-15)23-6-2/h8-11H,5-7,12-14H2,1-4H3,(H,18,19). The van der Waals surface area contributed by atoms with Gasteiger partial charge in [0.2, 0.25) is 0 Å². The van der Waals surface area contributed by atoms with Crippen molar-refractivity contribution in [3.8, 4) is 5.75 Å². The van der Waals surface area contributed by atoms with Gasteiger partial charge in [0.1, 0.15) is 15.6 Å². The molecule has 7 heteroatoms. The van der Waals surface area contributed by atoms with Crippen LogP contribution < -0.4 is 10.1 Å². The summed E-state index contributed by atoms with van der Waals surface area (Å²) < 4.78 is 27.8. The number of aliphatic imine (C=N–C) groups is 1. The first-order valence-electron chi connectivity index (χ1n) is 8.24. The van der Waals surface area contributed by atoms with E-state index in [0.717, 1.165) is 23.8 Å². The molecule has 24 heavy (non-hydrogen) atoms. The summed E-state index contributed by atoms with van der Waals surface area (Å²) in [5, 5.41) is 3.23. The van der Waals surface area contributed by atoms with Crippen LogP contribution in [-0.4, -0.2) is 58.0 Å². The molecule has 0 unspecified atom stereocenters. The molecule has 0 spiro atoms. The Labute approximate surface area is 145 Å². The largest absolute Gasteiger partial charge is 0.494 e. The summed E-state index contributed by atoms with van der Waals surface area (Å²) >= 11 is 0. The molecule has 0 atom stereocenters. The molecule has 1 N–H and O–H groups in total. The second kappa shape index (κ2) is 10.2. The molecule has 0 saturated carbocycles. The monoisotopic (exact) mass is 355 g/mol. The second-order valence-corrected chi connectivity index (χ2v) is 7.91. The summed E-state index contributed by atoms with van der Waals surface area (Å²) in [6.45, 7) is 6.59. The smallest absolute Gasteiger partial charge is 0.193 e. The van der Waals surface area contributed by atoms with Gasteiger partial charge < -0.3 is 15.0 Å². The Morgan fingerprint density at radius 2 is 1.92 bits per heavy atom. The molecule has 6 nitrogen and oxygen atoms in total. The van der Waals surface area contributed by atoms with Gasteiger partial charge in [-0.1, -0.05) is 12.1 Å². The second-order valence-electron chi connectivity index (χ2n) is 5.65. The fourth-order valence-electron chi connectivity index (χ4n) is 2.19. The number of hydrogen-bond donors (Lipinski definition) is 1. The molecule has 0 radical (unpaired) electrons. The first-order valence-corrected chi connectivity index (χ1v) is 10.3. The van der Waals surface area contributed by atoms with Crippen LogP contribution in [0.15, 0.2) is 29.3 Å². The zero-order valence-electron chi connectivity index (χ0n) is 15.1. The normalized spacial score (nSPS) is 12.1. The van der Waals surface area contributed by atoms with Crippen LogP contribution in [0.4, 0.5) is 0 Å². The number of nitrogens with zero attached hydrogens (tertiary/aromatic N) is 2. The number of nitrogens with one attached hydrogen (secondary N) is 1. The molecule has 0 amide bonds. The van der Waals surface area contributed by atoms with E-state index in [4.69, 9.17) is 4.74 Å². The summed E-state index contributed by atoms with van der Waals surface area (Å²) in [5.41, 5.74) is 1.16. The SMILES string of the molecule is CCNC(=NCCCS(C)(=O)=O)N(C)Cc1ccc(OCC)cc1. The lowest BCUT2D eigenvalue weighted by Crippen LogP contribution is -2.38. The highest BCUT2D eigenvalue weighted by molar-refractivity contribution is 7.90. The average molecular weight is 356 g/mol. The first-order chi connectivity index (χ1) is 11.4. The van der Waals surface area contributed by atoms with E-state index in [2.05, 4.69) is 10.3 Å². The Hall–Kier alpha value is -1.76. The van der Waals surface area contributed by atoms with Crippen LogP contribution in [0.25, 0.3) is 0 Å². The average Bonchev–Trinajstić information content (AvgIpc) is 2.51. The van der Waals surface area contributed by atoms with Gasteiger partial charge in [-0.3, -0.25) is 4.99 Å². The quantitative estimate of drug-likeness (QED) is 0.416. The number of hydrogen-bond acceptors (Lipinski definition) is 4. The minimum atomic E-state index is -2.93. The highest BCUT2D eigenvalue weighted by atomic mass is 32.2. The van der Waals surface area contributed by atoms with Crippen molar-refractivity contribution in [2.24, 2.45) is 4.99 Å². The summed E-state index contributed by atoms with van der Waals surface area (Å²) in [6.07, 6.45) is 1.78. The minimum Gasteiger partial charge on any atom is -0.494 e. The number of benzene rings is 1. The number of sulfone groups is 1. The number of rotatable bonds is 9. The summed E-state index contributed by atoms with van der Waals surface area (Å²) in [4.78, 5) is 6.53. The van der Waals surface area contributed by atoms with Crippen molar-refractivity contribution in [1.29, 1.82) is 0 Å². The third-order valence-electron chi connectivity index (χ3n) is 3.29. The van der Waals surface area contributed by atoms with Crippen molar-refractivity contribution >= 4 is 15.8 Å². The van der Waals surface area contributed by atoms with E-state index in [1.807, 2.05) is 50.1 Å². The summed E-state index contributed by atoms with van der Waals surface area (Å²) in [7, 11) is -0.960.